The highest BCUT2D eigenvalue weighted by atomic mass is 19.1. The average molecular weight is 232 g/mol. The Hall–Kier alpha value is -2.43. The Morgan fingerprint density at radius 1 is 1.18 bits per heavy atom. The fraction of sp³-hybridized carbons (Fsp3) is 0. The molecule has 2 N–H and O–H groups in total. The van der Waals surface area contributed by atoms with Gasteiger partial charge in [0.25, 0.3) is 5.91 Å². The van der Waals surface area contributed by atoms with Crippen LogP contribution in [0.3, 0.4) is 0 Å². The van der Waals surface area contributed by atoms with E-state index in [0.717, 1.165) is 6.07 Å². The highest BCUT2D eigenvalue weighted by molar-refractivity contribution is 6.03. The predicted octanol–water partition coefficient (Wildman–Crippen LogP) is 1.77. The van der Waals surface area contributed by atoms with Gasteiger partial charge in [-0.2, -0.15) is 0 Å². The highest BCUT2D eigenvalue weighted by Crippen LogP contribution is 2.06. The SMILES string of the molecule is O=C(Nc1cccc(=O)[nH]1)c1cccc(F)c1. The molecule has 0 atom stereocenters. The van der Waals surface area contributed by atoms with Gasteiger partial charge in [-0.1, -0.05) is 12.1 Å². The van der Waals surface area contributed by atoms with Gasteiger partial charge in [-0.25, -0.2) is 4.39 Å². The van der Waals surface area contributed by atoms with Crippen LogP contribution in [0, 0.1) is 5.82 Å². The standard InChI is InChI=1S/C12H9FN2O2/c13-9-4-1-3-8(7-9)12(17)15-10-5-2-6-11(16)14-10/h1-7H,(H2,14,15,16,17). The van der Waals surface area contributed by atoms with Crippen LogP contribution in [0.2, 0.25) is 0 Å². The number of nitrogens with one attached hydrogen (secondary N) is 2. The Labute approximate surface area is 96.1 Å². The number of carbonyl (C=O) groups excluding carboxylic acids is 1. The van der Waals surface area contributed by atoms with Crippen molar-refractivity contribution < 1.29 is 9.18 Å². The lowest BCUT2D eigenvalue weighted by Crippen LogP contribution is -2.16. The zero-order valence-corrected chi connectivity index (χ0v) is 8.74. The van der Waals surface area contributed by atoms with Crippen molar-refractivity contribution in [1.82, 2.24) is 4.98 Å². The number of anilines is 1. The number of amides is 1. The summed E-state index contributed by atoms with van der Waals surface area (Å²) in [5, 5.41) is 2.47. The van der Waals surface area contributed by atoms with Gasteiger partial charge in [0.05, 0.1) is 0 Å². The maximum absolute atomic E-state index is 12.9. The van der Waals surface area contributed by atoms with Crippen molar-refractivity contribution in [2.24, 2.45) is 0 Å². The zero-order valence-electron chi connectivity index (χ0n) is 8.74. The Morgan fingerprint density at radius 2 is 1.94 bits per heavy atom. The van der Waals surface area contributed by atoms with E-state index in [1.165, 1.54) is 30.3 Å². The minimum absolute atomic E-state index is 0.190. The minimum atomic E-state index is -0.487. The van der Waals surface area contributed by atoms with E-state index in [4.69, 9.17) is 0 Å². The topological polar surface area (TPSA) is 62.0 Å². The number of H-pyrrole nitrogens is 1. The summed E-state index contributed by atoms with van der Waals surface area (Å²) in [6, 6.07) is 9.69. The monoisotopic (exact) mass is 232 g/mol. The van der Waals surface area contributed by atoms with Gasteiger partial charge in [0.1, 0.15) is 11.6 Å². The summed E-state index contributed by atoms with van der Waals surface area (Å²) in [6.07, 6.45) is 0. The molecule has 4 nitrogen and oxygen atoms in total. The zero-order chi connectivity index (χ0) is 12.3. The van der Waals surface area contributed by atoms with Gasteiger partial charge in [-0.3, -0.25) is 9.59 Å². The fourth-order valence-corrected chi connectivity index (χ4v) is 1.34. The normalized spacial score (nSPS) is 9.94. The molecular formula is C12H9FN2O2. The van der Waals surface area contributed by atoms with Gasteiger partial charge in [-0.15, -0.1) is 0 Å². The van der Waals surface area contributed by atoms with Crippen LogP contribution in [0.25, 0.3) is 0 Å². The molecule has 1 aromatic heterocycles. The second kappa shape index (κ2) is 4.61. The van der Waals surface area contributed by atoms with Crippen molar-refractivity contribution >= 4 is 11.7 Å². The first kappa shape index (κ1) is 11.1. The quantitative estimate of drug-likeness (QED) is 0.828. The lowest BCUT2D eigenvalue weighted by atomic mass is 10.2. The van der Waals surface area contributed by atoms with Crippen molar-refractivity contribution in [1.29, 1.82) is 0 Å². The molecule has 0 aliphatic carbocycles. The number of rotatable bonds is 2. The number of carbonyl (C=O) groups is 1. The molecule has 1 amide bonds. The molecule has 0 fully saturated rings. The van der Waals surface area contributed by atoms with E-state index in [9.17, 15) is 14.0 Å². The van der Waals surface area contributed by atoms with E-state index < -0.39 is 11.7 Å². The number of hydrogen-bond acceptors (Lipinski definition) is 2. The summed E-state index contributed by atoms with van der Waals surface area (Å²) in [4.78, 5) is 25.1. The smallest absolute Gasteiger partial charge is 0.256 e. The molecule has 0 radical (unpaired) electrons. The second-order valence-corrected chi connectivity index (χ2v) is 3.39. The van der Waals surface area contributed by atoms with E-state index >= 15 is 0 Å². The average Bonchev–Trinajstić information content (AvgIpc) is 2.29. The van der Waals surface area contributed by atoms with Gasteiger partial charge in [0, 0.05) is 11.6 Å². The van der Waals surface area contributed by atoms with Crippen molar-refractivity contribution in [2.75, 3.05) is 5.32 Å². The largest absolute Gasteiger partial charge is 0.309 e. The second-order valence-electron chi connectivity index (χ2n) is 3.39. The third kappa shape index (κ3) is 2.78. The Morgan fingerprint density at radius 3 is 2.65 bits per heavy atom. The lowest BCUT2D eigenvalue weighted by molar-refractivity contribution is 0.102. The number of pyridine rings is 1. The number of hydrogen-bond donors (Lipinski definition) is 2. The first-order valence-corrected chi connectivity index (χ1v) is 4.91. The Bertz CT molecular complexity index is 607. The molecular weight excluding hydrogens is 223 g/mol. The van der Waals surface area contributed by atoms with Crippen molar-refractivity contribution in [3.63, 3.8) is 0 Å². The fourth-order valence-electron chi connectivity index (χ4n) is 1.34. The molecule has 1 aromatic carbocycles. The van der Waals surface area contributed by atoms with Crippen LogP contribution >= 0.6 is 0 Å². The summed E-state index contributed by atoms with van der Waals surface area (Å²) in [5.74, 6) is -0.697. The number of aromatic amines is 1. The van der Waals surface area contributed by atoms with Crippen LogP contribution in [-0.4, -0.2) is 10.9 Å². The van der Waals surface area contributed by atoms with Crippen molar-refractivity contribution in [3.05, 3.63) is 64.2 Å². The molecule has 0 saturated carbocycles. The molecule has 0 saturated heterocycles. The molecule has 2 rings (SSSR count). The van der Waals surface area contributed by atoms with Gasteiger partial charge in [0.2, 0.25) is 5.56 Å². The van der Waals surface area contributed by atoms with Gasteiger partial charge in [0.15, 0.2) is 0 Å². The molecule has 0 spiro atoms. The molecule has 17 heavy (non-hydrogen) atoms. The minimum Gasteiger partial charge on any atom is -0.309 e. The molecule has 2 aromatic rings. The first-order valence-electron chi connectivity index (χ1n) is 4.91. The maximum atomic E-state index is 12.9. The van der Waals surface area contributed by atoms with E-state index in [-0.39, 0.29) is 16.9 Å². The number of benzene rings is 1. The van der Waals surface area contributed by atoms with Crippen molar-refractivity contribution in [3.8, 4) is 0 Å². The Balaban J connectivity index is 2.20. The lowest BCUT2D eigenvalue weighted by Gasteiger charge is -2.04. The summed E-state index contributed by atoms with van der Waals surface area (Å²) in [5.41, 5.74) is -0.128. The van der Waals surface area contributed by atoms with Crippen LogP contribution in [0.5, 0.6) is 0 Å². The summed E-state index contributed by atoms with van der Waals surface area (Å²) in [6.45, 7) is 0. The van der Waals surface area contributed by atoms with E-state index in [1.807, 2.05) is 0 Å². The molecule has 86 valence electrons. The summed E-state index contributed by atoms with van der Waals surface area (Å²) in [7, 11) is 0. The van der Waals surface area contributed by atoms with Crippen molar-refractivity contribution in [2.45, 2.75) is 0 Å². The first-order chi connectivity index (χ1) is 8.15. The third-order valence-corrected chi connectivity index (χ3v) is 2.10. The van der Waals surface area contributed by atoms with Gasteiger partial charge < -0.3 is 10.3 Å². The van der Waals surface area contributed by atoms with Crippen LogP contribution in [0.15, 0.2) is 47.3 Å². The molecule has 0 aliphatic rings. The van der Waals surface area contributed by atoms with Gasteiger partial charge in [-0.05, 0) is 24.3 Å². The van der Waals surface area contributed by atoms with Crippen LogP contribution < -0.4 is 10.9 Å². The van der Waals surface area contributed by atoms with Crippen LogP contribution in [-0.2, 0) is 0 Å². The predicted molar refractivity (Wildman–Crippen MR) is 61.4 cm³/mol. The number of halogens is 1. The van der Waals surface area contributed by atoms with E-state index in [0.29, 0.717) is 0 Å². The molecule has 5 heteroatoms. The maximum Gasteiger partial charge on any atom is 0.256 e. The molecule has 1 heterocycles. The van der Waals surface area contributed by atoms with Gasteiger partial charge >= 0.3 is 0 Å². The molecule has 0 unspecified atom stereocenters. The number of aromatic nitrogens is 1. The summed E-state index contributed by atoms with van der Waals surface area (Å²) >= 11 is 0. The van der Waals surface area contributed by atoms with Crippen LogP contribution in [0.4, 0.5) is 10.2 Å². The van der Waals surface area contributed by atoms with Crippen LogP contribution in [0.1, 0.15) is 10.4 Å². The van der Waals surface area contributed by atoms with E-state index in [1.54, 1.807) is 6.07 Å². The Kier molecular flexibility index (Phi) is 3.00. The third-order valence-electron chi connectivity index (χ3n) is 2.10. The molecule has 0 bridgehead atoms. The van der Waals surface area contributed by atoms with E-state index in [2.05, 4.69) is 10.3 Å². The highest BCUT2D eigenvalue weighted by Gasteiger charge is 2.06. The molecule has 0 aliphatic heterocycles. The summed E-state index contributed by atoms with van der Waals surface area (Å²) < 4.78 is 12.9.